The van der Waals surface area contributed by atoms with Gasteiger partial charge < -0.3 is 20.1 Å². The summed E-state index contributed by atoms with van der Waals surface area (Å²) in [5, 5.41) is 11.8. The molecule has 2 rings (SSSR count). The number of aliphatic carboxylic acids is 1. The van der Waals surface area contributed by atoms with Crippen LogP contribution in [0, 0.1) is 5.92 Å². The van der Waals surface area contributed by atoms with Crippen LogP contribution in [0.4, 0.5) is 4.79 Å². The minimum Gasteiger partial charge on any atom is -0.480 e. The van der Waals surface area contributed by atoms with Gasteiger partial charge in [-0.1, -0.05) is 0 Å². The lowest BCUT2D eigenvalue weighted by molar-refractivity contribution is -0.140. The normalized spacial score (nSPS) is 31.6. The summed E-state index contributed by atoms with van der Waals surface area (Å²) in [5.74, 6) is 0.297. The zero-order valence-electron chi connectivity index (χ0n) is 10.3. The topological polar surface area (TPSA) is 78.9 Å². The summed E-state index contributed by atoms with van der Waals surface area (Å²) in [5.41, 5.74) is 0. The molecule has 0 aromatic carbocycles. The first-order valence-corrected chi connectivity index (χ1v) is 7.21. The highest BCUT2D eigenvalue weighted by atomic mass is 32.2. The van der Waals surface area contributed by atoms with Gasteiger partial charge in [-0.2, -0.15) is 0 Å². The second kappa shape index (κ2) is 5.79. The molecule has 2 heterocycles. The molecule has 0 aromatic heterocycles. The highest BCUT2D eigenvalue weighted by Gasteiger charge is 2.35. The van der Waals surface area contributed by atoms with Crippen molar-refractivity contribution in [2.24, 2.45) is 5.92 Å². The van der Waals surface area contributed by atoms with Crippen molar-refractivity contribution >= 4 is 23.8 Å². The van der Waals surface area contributed by atoms with Crippen LogP contribution in [0.2, 0.25) is 0 Å². The first-order valence-electron chi connectivity index (χ1n) is 6.06. The molecule has 6 nitrogen and oxygen atoms in total. The van der Waals surface area contributed by atoms with E-state index in [1.807, 2.05) is 6.92 Å². The van der Waals surface area contributed by atoms with Gasteiger partial charge in [0, 0.05) is 24.8 Å². The lowest BCUT2D eigenvalue weighted by atomic mass is 10.0. The standard InChI is InChI=1S/C11H18N2O4S/c1-7-8(2-3-17-7)4-12-11(16)13-6-18-5-9(13)10(14)15/h7-9H,2-6H2,1H3,(H,12,16)(H,14,15). The number of urea groups is 1. The Morgan fingerprint density at radius 1 is 1.56 bits per heavy atom. The third-order valence-electron chi connectivity index (χ3n) is 3.48. The summed E-state index contributed by atoms with van der Waals surface area (Å²) in [6, 6.07) is -0.987. The van der Waals surface area contributed by atoms with Gasteiger partial charge >= 0.3 is 12.0 Å². The number of carboxylic acids is 1. The molecule has 0 aromatic rings. The van der Waals surface area contributed by atoms with Crippen molar-refractivity contribution in [3.63, 3.8) is 0 Å². The summed E-state index contributed by atoms with van der Waals surface area (Å²) < 4.78 is 5.42. The van der Waals surface area contributed by atoms with Crippen LogP contribution in [0.1, 0.15) is 13.3 Å². The summed E-state index contributed by atoms with van der Waals surface area (Å²) in [7, 11) is 0. The quantitative estimate of drug-likeness (QED) is 0.787. The molecular formula is C11H18N2O4S. The van der Waals surface area contributed by atoms with Gasteiger partial charge in [-0.25, -0.2) is 9.59 Å². The highest BCUT2D eigenvalue weighted by Crippen LogP contribution is 2.22. The number of carbonyl (C=O) groups excluding carboxylic acids is 1. The Kier molecular flexibility index (Phi) is 4.34. The molecule has 3 atom stereocenters. The van der Waals surface area contributed by atoms with Crippen LogP contribution in [0.15, 0.2) is 0 Å². The van der Waals surface area contributed by atoms with Crippen LogP contribution < -0.4 is 5.32 Å². The number of carbonyl (C=O) groups is 2. The van der Waals surface area contributed by atoms with E-state index >= 15 is 0 Å². The molecule has 2 N–H and O–H groups in total. The number of amides is 2. The van der Waals surface area contributed by atoms with Crippen molar-refractivity contribution in [1.82, 2.24) is 10.2 Å². The molecule has 102 valence electrons. The van der Waals surface area contributed by atoms with E-state index in [2.05, 4.69) is 5.32 Å². The lowest BCUT2D eigenvalue weighted by Gasteiger charge is -2.22. The largest absolute Gasteiger partial charge is 0.480 e. The van der Waals surface area contributed by atoms with Gasteiger partial charge in [-0.05, 0) is 13.3 Å². The molecule has 0 spiro atoms. The lowest BCUT2D eigenvalue weighted by Crippen LogP contribution is -2.48. The van der Waals surface area contributed by atoms with Gasteiger partial charge in [0.1, 0.15) is 6.04 Å². The second-order valence-electron chi connectivity index (χ2n) is 4.63. The molecule has 0 aliphatic carbocycles. The first kappa shape index (κ1) is 13.5. The van der Waals surface area contributed by atoms with Gasteiger partial charge in [0.05, 0.1) is 12.0 Å². The Balaban J connectivity index is 1.82. The molecule has 2 saturated heterocycles. The van der Waals surface area contributed by atoms with E-state index in [-0.39, 0.29) is 12.1 Å². The van der Waals surface area contributed by atoms with Gasteiger partial charge in [0.2, 0.25) is 0 Å². The summed E-state index contributed by atoms with van der Waals surface area (Å²) in [4.78, 5) is 24.3. The number of ether oxygens (including phenoxy) is 1. The van der Waals surface area contributed by atoms with Crippen molar-refractivity contribution in [2.75, 3.05) is 24.8 Å². The molecule has 0 radical (unpaired) electrons. The fourth-order valence-electron chi connectivity index (χ4n) is 2.21. The summed E-state index contributed by atoms with van der Waals surface area (Å²) >= 11 is 1.47. The number of hydrogen-bond acceptors (Lipinski definition) is 4. The maximum absolute atomic E-state index is 11.9. The molecule has 0 saturated carbocycles. The fraction of sp³-hybridized carbons (Fsp3) is 0.818. The Labute approximate surface area is 110 Å². The van der Waals surface area contributed by atoms with Gasteiger partial charge in [0.25, 0.3) is 0 Å². The average Bonchev–Trinajstić information content (AvgIpc) is 2.94. The van der Waals surface area contributed by atoms with Crippen molar-refractivity contribution < 1.29 is 19.4 Å². The zero-order valence-corrected chi connectivity index (χ0v) is 11.1. The number of nitrogens with one attached hydrogen (secondary N) is 1. The third kappa shape index (κ3) is 2.89. The second-order valence-corrected chi connectivity index (χ2v) is 5.63. The molecule has 7 heteroatoms. The van der Waals surface area contributed by atoms with E-state index in [0.717, 1.165) is 13.0 Å². The third-order valence-corrected chi connectivity index (χ3v) is 4.49. The fourth-order valence-corrected chi connectivity index (χ4v) is 3.36. The van der Waals surface area contributed by atoms with E-state index in [1.165, 1.54) is 16.7 Å². The van der Waals surface area contributed by atoms with Crippen LogP contribution in [0.25, 0.3) is 0 Å². The zero-order chi connectivity index (χ0) is 13.1. The van der Waals surface area contributed by atoms with E-state index in [1.54, 1.807) is 0 Å². The number of hydrogen-bond donors (Lipinski definition) is 2. The van der Waals surface area contributed by atoms with Crippen molar-refractivity contribution in [1.29, 1.82) is 0 Å². The first-order chi connectivity index (χ1) is 8.59. The molecule has 3 unspecified atom stereocenters. The van der Waals surface area contributed by atoms with E-state index in [9.17, 15) is 9.59 Å². The monoisotopic (exact) mass is 274 g/mol. The number of carboxylic acid groups (broad SMARTS) is 1. The SMILES string of the molecule is CC1OCCC1CNC(=O)N1CSCC1C(=O)O. The predicted octanol–water partition coefficient (Wildman–Crippen LogP) is 0.580. The minimum atomic E-state index is -0.937. The van der Waals surface area contributed by atoms with E-state index < -0.39 is 12.0 Å². The molecule has 2 amide bonds. The Morgan fingerprint density at radius 3 is 2.94 bits per heavy atom. The molecular weight excluding hydrogens is 256 g/mol. The van der Waals surface area contributed by atoms with Gasteiger partial charge in [-0.3, -0.25) is 0 Å². The minimum absolute atomic E-state index is 0.161. The van der Waals surface area contributed by atoms with Crippen molar-refractivity contribution in [3.05, 3.63) is 0 Å². The predicted molar refractivity (Wildman–Crippen MR) is 67.5 cm³/mol. The maximum Gasteiger partial charge on any atom is 0.327 e. The molecule has 2 aliphatic rings. The Hall–Kier alpha value is -0.950. The number of rotatable bonds is 3. The molecule has 2 aliphatic heterocycles. The smallest absolute Gasteiger partial charge is 0.327 e. The highest BCUT2D eigenvalue weighted by molar-refractivity contribution is 7.99. The Bertz CT molecular complexity index is 339. The Morgan fingerprint density at radius 2 is 2.33 bits per heavy atom. The van der Waals surface area contributed by atoms with Crippen molar-refractivity contribution in [3.8, 4) is 0 Å². The van der Waals surface area contributed by atoms with Crippen LogP contribution in [0.5, 0.6) is 0 Å². The number of nitrogens with zero attached hydrogens (tertiary/aromatic N) is 1. The van der Waals surface area contributed by atoms with Crippen LogP contribution in [-0.4, -0.2) is 58.9 Å². The average molecular weight is 274 g/mol. The van der Waals surface area contributed by atoms with E-state index in [4.69, 9.17) is 9.84 Å². The van der Waals surface area contributed by atoms with Crippen molar-refractivity contribution in [2.45, 2.75) is 25.5 Å². The molecule has 18 heavy (non-hydrogen) atoms. The van der Waals surface area contributed by atoms with E-state index in [0.29, 0.717) is 24.1 Å². The van der Waals surface area contributed by atoms with Gasteiger partial charge in [-0.15, -0.1) is 11.8 Å². The summed E-state index contributed by atoms with van der Waals surface area (Å²) in [6.45, 7) is 3.28. The van der Waals surface area contributed by atoms with Crippen LogP contribution in [0.3, 0.4) is 0 Å². The van der Waals surface area contributed by atoms with Gasteiger partial charge in [0.15, 0.2) is 0 Å². The summed E-state index contributed by atoms with van der Waals surface area (Å²) in [6.07, 6.45) is 1.10. The van der Waals surface area contributed by atoms with Crippen LogP contribution in [-0.2, 0) is 9.53 Å². The molecule has 2 fully saturated rings. The number of thioether (sulfide) groups is 1. The maximum atomic E-state index is 11.9. The molecule has 0 bridgehead atoms. The van der Waals surface area contributed by atoms with Crippen LogP contribution >= 0.6 is 11.8 Å².